The molecule has 3 rings (SSSR count). The van der Waals surface area contributed by atoms with Crippen molar-refractivity contribution in [3.63, 3.8) is 0 Å². The molecule has 1 heterocycles. The summed E-state index contributed by atoms with van der Waals surface area (Å²) in [6.07, 6.45) is -5.09. The van der Waals surface area contributed by atoms with Crippen molar-refractivity contribution < 1.29 is 27.2 Å². The first-order chi connectivity index (χ1) is 14.5. The summed E-state index contributed by atoms with van der Waals surface area (Å²) in [6, 6.07) is 7.09. The molecule has 0 aliphatic heterocycles. The standard InChI is InChI=1S/C18H10BrF4N3O5/c19-11-3-1-9(5-14(11)26(29)30)8-31-10-2-4-13(12(20)6-10)25-15(18(21,22)23)7-16(27)24-17(25)28/h1-7H,8H2,(H,24,27,28). The zero-order valence-corrected chi connectivity index (χ0v) is 16.7. The van der Waals surface area contributed by atoms with Crippen LogP contribution in [0, 0.1) is 15.9 Å². The molecule has 0 bridgehead atoms. The zero-order chi connectivity index (χ0) is 22.9. The van der Waals surface area contributed by atoms with E-state index in [1.165, 1.54) is 18.2 Å². The van der Waals surface area contributed by atoms with Gasteiger partial charge in [-0.1, -0.05) is 6.07 Å². The van der Waals surface area contributed by atoms with Gasteiger partial charge in [0.15, 0.2) is 5.82 Å². The fourth-order valence-electron chi connectivity index (χ4n) is 2.66. The first-order valence-corrected chi connectivity index (χ1v) is 9.06. The molecule has 1 N–H and O–H groups in total. The van der Waals surface area contributed by atoms with Gasteiger partial charge in [-0.15, -0.1) is 0 Å². The number of alkyl halides is 3. The van der Waals surface area contributed by atoms with Crippen LogP contribution in [-0.4, -0.2) is 14.5 Å². The Morgan fingerprint density at radius 1 is 1.13 bits per heavy atom. The molecule has 1 aromatic heterocycles. The third kappa shape index (κ3) is 4.82. The summed E-state index contributed by atoms with van der Waals surface area (Å²) in [5, 5.41) is 11.0. The lowest BCUT2D eigenvalue weighted by molar-refractivity contribution is -0.385. The minimum atomic E-state index is -5.09. The largest absolute Gasteiger partial charge is 0.489 e. The lowest BCUT2D eigenvalue weighted by Gasteiger charge is -2.15. The Hall–Kier alpha value is -3.48. The number of aromatic amines is 1. The molecule has 0 aliphatic rings. The van der Waals surface area contributed by atoms with Gasteiger partial charge in [-0.2, -0.15) is 13.2 Å². The van der Waals surface area contributed by atoms with Crippen LogP contribution in [0.5, 0.6) is 5.75 Å². The van der Waals surface area contributed by atoms with Gasteiger partial charge in [0.2, 0.25) is 0 Å². The van der Waals surface area contributed by atoms with Gasteiger partial charge < -0.3 is 4.74 Å². The predicted molar refractivity (Wildman–Crippen MR) is 103 cm³/mol. The summed E-state index contributed by atoms with van der Waals surface area (Å²) in [5.41, 5.74) is -4.96. The van der Waals surface area contributed by atoms with Crippen LogP contribution in [0.3, 0.4) is 0 Å². The van der Waals surface area contributed by atoms with Crippen molar-refractivity contribution in [2.24, 2.45) is 0 Å². The Balaban J connectivity index is 1.92. The van der Waals surface area contributed by atoms with Crippen LogP contribution in [0.4, 0.5) is 23.2 Å². The van der Waals surface area contributed by atoms with Gasteiger partial charge in [0.25, 0.3) is 11.2 Å². The van der Waals surface area contributed by atoms with Crippen molar-refractivity contribution in [3.05, 3.63) is 95.0 Å². The van der Waals surface area contributed by atoms with Crippen molar-refractivity contribution in [2.45, 2.75) is 12.8 Å². The summed E-state index contributed by atoms with van der Waals surface area (Å²) in [6.45, 7) is -0.195. The van der Waals surface area contributed by atoms with Gasteiger partial charge in [0.1, 0.15) is 18.1 Å². The summed E-state index contributed by atoms with van der Waals surface area (Å²) >= 11 is 3.03. The van der Waals surface area contributed by atoms with Gasteiger partial charge in [-0.05, 0) is 39.7 Å². The Morgan fingerprint density at radius 3 is 2.45 bits per heavy atom. The molecule has 31 heavy (non-hydrogen) atoms. The number of nitro groups is 1. The molecule has 0 radical (unpaired) electrons. The molecule has 13 heteroatoms. The SMILES string of the molecule is O=c1cc(C(F)(F)F)n(-c2ccc(OCc3ccc(Br)c([N+](=O)[O-])c3)cc2F)c(=O)[nH]1. The number of nitrogens with one attached hydrogen (secondary N) is 1. The number of H-pyrrole nitrogens is 1. The maximum Gasteiger partial charge on any atom is 0.432 e. The normalized spacial score (nSPS) is 11.4. The molecule has 8 nitrogen and oxygen atoms in total. The molecule has 3 aromatic rings. The van der Waals surface area contributed by atoms with Gasteiger partial charge in [-0.25, -0.2) is 9.18 Å². The number of nitro benzene ring substituents is 1. The van der Waals surface area contributed by atoms with Crippen LogP contribution in [0.1, 0.15) is 11.3 Å². The first kappa shape index (κ1) is 22.2. The summed E-state index contributed by atoms with van der Waals surface area (Å²) in [5.74, 6) is -1.32. The quantitative estimate of drug-likeness (QED) is 0.322. The molecule has 0 spiro atoms. The van der Waals surface area contributed by atoms with Gasteiger partial charge in [0, 0.05) is 18.2 Å². The van der Waals surface area contributed by atoms with Crippen molar-refractivity contribution in [1.29, 1.82) is 0 Å². The molecule has 0 aliphatic carbocycles. The van der Waals surface area contributed by atoms with Crippen LogP contribution >= 0.6 is 15.9 Å². The predicted octanol–water partition coefficient (Wildman–Crippen LogP) is 3.93. The number of aromatic nitrogens is 2. The number of hydrogen-bond donors (Lipinski definition) is 1. The Labute approximate surface area is 178 Å². The molecule has 162 valence electrons. The van der Waals surface area contributed by atoms with Gasteiger partial charge >= 0.3 is 11.9 Å². The third-order valence-electron chi connectivity index (χ3n) is 4.01. The molecule has 0 saturated heterocycles. The highest BCUT2D eigenvalue weighted by Crippen LogP contribution is 2.31. The molecular formula is C18H10BrF4N3O5. The van der Waals surface area contributed by atoms with Crippen LogP contribution in [-0.2, 0) is 12.8 Å². The maximum absolute atomic E-state index is 14.5. The average Bonchev–Trinajstić information content (AvgIpc) is 2.66. The van der Waals surface area contributed by atoms with E-state index in [0.29, 0.717) is 5.56 Å². The fourth-order valence-corrected chi connectivity index (χ4v) is 3.05. The van der Waals surface area contributed by atoms with E-state index >= 15 is 0 Å². The molecule has 0 saturated carbocycles. The third-order valence-corrected chi connectivity index (χ3v) is 4.68. The Kier molecular flexibility index (Phi) is 5.97. The van der Waals surface area contributed by atoms with E-state index in [0.717, 1.165) is 18.2 Å². The average molecular weight is 504 g/mol. The fraction of sp³-hybridized carbons (Fsp3) is 0.111. The zero-order valence-electron chi connectivity index (χ0n) is 15.1. The molecule has 0 unspecified atom stereocenters. The minimum absolute atomic E-state index is 0.00139. The second-order valence-electron chi connectivity index (χ2n) is 6.10. The first-order valence-electron chi connectivity index (χ1n) is 8.26. The maximum atomic E-state index is 14.5. The Morgan fingerprint density at radius 2 is 1.84 bits per heavy atom. The minimum Gasteiger partial charge on any atom is -0.489 e. The van der Waals surface area contributed by atoms with Gasteiger partial charge in [-0.3, -0.25) is 24.5 Å². The van der Waals surface area contributed by atoms with E-state index in [1.807, 2.05) is 0 Å². The molecule has 2 aromatic carbocycles. The van der Waals surface area contributed by atoms with Crippen molar-refractivity contribution in [2.75, 3.05) is 0 Å². The van der Waals surface area contributed by atoms with Crippen molar-refractivity contribution in [3.8, 4) is 11.4 Å². The number of rotatable bonds is 5. The van der Waals surface area contributed by atoms with E-state index in [1.54, 1.807) is 4.98 Å². The van der Waals surface area contributed by atoms with E-state index < -0.39 is 39.5 Å². The van der Waals surface area contributed by atoms with Crippen molar-refractivity contribution >= 4 is 21.6 Å². The molecule has 0 amide bonds. The van der Waals surface area contributed by atoms with E-state index in [4.69, 9.17) is 4.74 Å². The van der Waals surface area contributed by atoms with E-state index in [9.17, 15) is 37.3 Å². The van der Waals surface area contributed by atoms with Crippen LogP contribution in [0.25, 0.3) is 5.69 Å². The second-order valence-corrected chi connectivity index (χ2v) is 6.96. The van der Waals surface area contributed by atoms with E-state index in [2.05, 4.69) is 15.9 Å². The highest BCUT2D eigenvalue weighted by molar-refractivity contribution is 9.10. The van der Waals surface area contributed by atoms with Crippen molar-refractivity contribution in [1.82, 2.24) is 9.55 Å². The monoisotopic (exact) mass is 503 g/mol. The number of nitrogens with zero attached hydrogens (tertiary/aromatic N) is 2. The summed E-state index contributed by atoms with van der Waals surface area (Å²) in [7, 11) is 0. The smallest absolute Gasteiger partial charge is 0.432 e. The van der Waals surface area contributed by atoms with Crippen LogP contribution in [0.2, 0.25) is 0 Å². The lowest BCUT2D eigenvalue weighted by atomic mass is 10.2. The van der Waals surface area contributed by atoms with Crippen LogP contribution < -0.4 is 16.0 Å². The number of hydrogen-bond acceptors (Lipinski definition) is 5. The number of halogens is 5. The van der Waals surface area contributed by atoms with Gasteiger partial charge in [0.05, 0.1) is 15.1 Å². The summed E-state index contributed by atoms with van der Waals surface area (Å²) < 4.78 is 59.8. The topological polar surface area (TPSA) is 107 Å². The molecule has 0 fully saturated rings. The highest BCUT2D eigenvalue weighted by atomic mass is 79.9. The highest BCUT2D eigenvalue weighted by Gasteiger charge is 2.36. The van der Waals surface area contributed by atoms with Crippen LogP contribution in [0.15, 0.2) is 56.5 Å². The Bertz CT molecular complexity index is 1290. The molecular weight excluding hydrogens is 494 g/mol. The number of ether oxygens (including phenoxy) is 1. The summed E-state index contributed by atoms with van der Waals surface area (Å²) in [4.78, 5) is 35.2. The lowest BCUT2D eigenvalue weighted by Crippen LogP contribution is -2.34. The second kappa shape index (κ2) is 8.34. The molecule has 0 atom stereocenters. The van der Waals surface area contributed by atoms with E-state index in [-0.39, 0.29) is 33.1 Å². The number of benzene rings is 2.